The van der Waals surface area contributed by atoms with Crippen molar-refractivity contribution in [3.63, 3.8) is 0 Å². The van der Waals surface area contributed by atoms with Gasteiger partial charge in [-0.25, -0.2) is 4.79 Å². The van der Waals surface area contributed by atoms with Crippen molar-refractivity contribution in [3.05, 3.63) is 52.2 Å². The number of thiophene rings is 1. The lowest BCUT2D eigenvalue weighted by molar-refractivity contribution is -0.117. The Kier molecular flexibility index (Phi) is 5.38. The molecule has 1 heterocycles. The van der Waals surface area contributed by atoms with Crippen molar-refractivity contribution in [3.8, 4) is 0 Å². The summed E-state index contributed by atoms with van der Waals surface area (Å²) in [5.41, 5.74) is 1.78. The van der Waals surface area contributed by atoms with Crippen molar-refractivity contribution >= 4 is 29.0 Å². The van der Waals surface area contributed by atoms with E-state index in [1.165, 1.54) is 0 Å². The van der Waals surface area contributed by atoms with Gasteiger partial charge in [0.25, 0.3) is 0 Å². The first-order valence-electron chi connectivity index (χ1n) is 8.54. The highest BCUT2D eigenvalue weighted by Crippen LogP contribution is 2.30. The first-order chi connectivity index (χ1) is 12.0. The topological polar surface area (TPSA) is 70.2 Å². The fraction of sp³-hybridized carbons (Fsp3) is 0.368. The third-order valence-corrected chi connectivity index (χ3v) is 5.35. The van der Waals surface area contributed by atoms with Crippen LogP contribution in [-0.4, -0.2) is 11.9 Å². The van der Waals surface area contributed by atoms with Crippen LogP contribution in [0.5, 0.6) is 0 Å². The molecule has 2 aromatic rings. The number of urea groups is 1. The highest BCUT2D eigenvalue weighted by atomic mass is 32.1. The quantitative estimate of drug-likeness (QED) is 0.724. The van der Waals surface area contributed by atoms with Crippen molar-refractivity contribution in [1.29, 1.82) is 0 Å². The van der Waals surface area contributed by atoms with Gasteiger partial charge in [0, 0.05) is 16.5 Å². The zero-order valence-electron chi connectivity index (χ0n) is 14.4. The van der Waals surface area contributed by atoms with Crippen LogP contribution in [0.4, 0.5) is 10.5 Å². The predicted octanol–water partition coefficient (Wildman–Crippen LogP) is 4.22. The van der Waals surface area contributed by atoms with Gasteiger partial charge in [-0.3, -0.25) is 4.79 Å². The van der Waals surface area contributed by atoms with Crippen molar-refractivity contribution in [2.45, 2.75) is 38.8 Å². The lowest BCUT2D eigenvalue weighted by Crippen LogP contribution is -2.38. The second-order valence-electron chi connectivity index (χ2n) is 6.46. The Morgan fingerprint density at radius 3 is 2.32 bits per heavy atom. The molecule has 3 N–H and O–H groups in total. The van der Waals surface area contributed by atoms with E-state index in [2.05, 4.69) is 16.0 Å². The Labute approximate surface area is 151 Å². The van der Waals surface area contributed by atoms with Crippen LogP contribution in [0.15, 0.2) is 41.8 Å². The van der Waals surface area contributed by atoms with E-state index >= 15 is 0 Å². The average molecular weight is 357 g/mol. The number of amides is 3. The molecule has 1 aromatic carbocycles. The van der Waals surface area contributed by atoms with Gasteiger partial charge in [0.05, 0.1) is 12.1 Å². The molecule has 1 saturated carbocycles. The number of carbonyl (C=O) groups is 2. The molecule has 25 heavy (non-hydrogen) atoms. The van der Waals surface area contributed by atoms with Gasteiger partial charge in [0.15, 0.2) is 0 Å². The first kappa shape index (κ1) is 17.5. The Hall–Kier alpha value is -2.34. The average Bonchev–Trinajstić information content (AvgIpc) is 3.29. The Morgan fingerprint density at radius 2 is 1.72 bits per heavy atom. The normalized spacial score (nSPS) is 15.9. The monoisotopic (exact) mass is 357 g/mol. The van der Waals surface area contributed by atoms with Crippen molar-refractivity contribution in [2.75, 3.05) is 5.32 Å². The molecule has 0 spiro atoms. The van der Waals surface area contributed by atoms with Crippen molar-refractivity contribution in [1.82, 2.24) is 10.6 Å². The van der Waals surface area contributed by atoms with E-state index in [1.54, 1.807) is 11.3 Å². The largest absolute Gasteiger partial charge is 0.332 e. The van der Waals surface area contributed by atoms with Crippen LogP contribution >= 0.6 is 11.3 Å². The zero-order chi connectivity index (χ0) is 17.8. The molecule has 1 aliphatic rings. The molecule has 6 heteroatoms. The first-order valence-corrected chi connectivity index (χ1v) is 9.42. The van der Waals surface area contributed by atoms with Gasteiger partial charge in [-0.15, -0.1) is 11.3 Å². The molecule has 0 saturated heterocycles. The van der Waals surface area contributed by atoms with Crippen LogP contribution in [-0.2, 0) is 4.79 Å². The summed E-state index contributed by atoms with van der Waals surface area (Å²) < 4.78 is 0. The fourth-order valence-corrected chi connectivity index (χ4v) is 3.31. The number of carbonyl (C=O) groups excluding carboxylic acids is 2. The maximum absolute atomic E-state index is 12.2. The maximum atomic E-state index is 12.2. The highest BCUT2D eigenvalue weighted by molar-refractivity contribution is 7.10. The summed E-state index contributed by atoms with van der Waals surface area (Å²) in [5, 5.41) is 10.8. The minimum absolute atomic E-state index is 0.0211. The molecule has 132 valence electrons. The number of hydrogen-bond donors (Lipinski definition) is 3. The fourth-order valence-electron chi connectivity index (χ4n) is 2.57. The zero-order valence-corrected chi connectivity index (χ0v) is 15.2. The summed E-state index contributed by atoms with van der Waals surface area (Å²) in [7, 11) is 0. The number of nitrogens with one attached hydrogen (secondary N) is 3. The smallest absolute Gasteiger partial charge is 0.315 e. The molecule has 0 aliphatic heterocycles. The van der Waals surface area contributed by atoms with Crippen molar-refractivity contribution in [2.24, 2.45) is 5.92 Å². The molecule has 3 rings (SSSR count). The van der Waals surface area contributed by atoms with E-state index in [0.29, 0.717) is 0 Å². The number of anilines is 1. The molecule has 2 atom stereocenters. The van der Waals surface area contributed by atoms with E-state index < -0.39 is 0 Å². The van der Waals surface area contributed by atoms with E-state index in [-0.39, 0.29) is 29.9 Å². The van der Waals surface area contributed by atoms with E-state index in [1.807, 2.05) is 55.6 Å². The van der Waals surface area contributed by atoms with Crippen LogP contribution in [0.1, 0.15) is 49.2 Å². The number of hydrogen-bond acceptors (Lipinski definition) is 3. The molecule has 1 fully saturated rings. The lowest BCUT2D eigenvalue weighted by atomic mass is 10.1. The summed E-state index contributed by atoms with van der Waals surface area (Å²) >= 11 is 1.62. The summed E-state index contributed by atoms with van der Waals surface area (Å²) in [4.78, 5) is 25.0. The minimum Gasteiger partial charge on any atom is -0.332 e. The molecule has 1 aliphatic carbocycles. The number of rotatable bonds is 6. The van der Waals surface area contributed by atoms with Gasteiger partial charge >= 0.3 is 6.03 Å². The molecule has 0 radical (unpaired) electrons. The Bertz CT molecular complexity index is 724. The second kappa shape index (κ2) is 7.70. The number of benzene rings is 1. The summed E-state index contributed by atoms with van der Waals surface area (Å²) in [6.45, 7) is 3.90. The van der Waals surface area contributed by atoms with E-state index in [9.17, 15) is 9.59 Å². The van der Waals surface area contributed by atoms with Gasteiger partial charge in [-0.1, -0.05) is 18.2 Å². The van der Waals surface area contributed by atoms with Gasteiger partial charge in [0.2, 0.25) is 5.91 Å². The second-order valence-corrected chi connectivity index (χ2v) is 7.44. The van der Waals surface area contributed by atoms with E-state index in [4.69, 9.17) is 0 Å². The standard InChI is InChI=1S/C19H23N3O2S/c1-12(20-19(24)21-13(2)17-4-3-11-25-17)14-7-9-16(10-8-14)22-18(23)15-5-6-15/h3-4,7-13,15H,5-6H2,1-2H3,(H,22,23)(H2,20,21,24)/t12-,13+/m1/s1. The minimum atomic E-state index is -0.195. The van der Waals surface area contributed by atoms with Crippen LogP contribution in [0.3, 0.4) is 0 Å². The Balaban J connectivity index is 1.50. The molecule has 5 nitrogen and oxygen atoms in total. The van der Waals surface area contributed by atoms with Crippen molar-refractivity contribution < 1.29 is 9.59 Å². The maximum Gasteiger partial charge on any atom is 0.315 e. The summed E-state index contributed by atoms with van der Waals surface area (Å²) in [5.74, 6) is 0.287. The summed E-state index contributed by atoms with van der Waals surface area (Å²) in [6.07, 6.45) is 1.98. The molecule has 1 aromatic heterocycles. The molecule has 3 amide bonds. The lowest BCUT2D eigenvalue weighted by Gasteiger charge is -2.18. The van der Waals surface area contributed by atoms with Gasteiger partial charge in [0.1, 0.15) is 0 Å². The van der Waals surface area contributed by atoms with Crippen LogP contribution < -0.4 is 16.0 Å². The summed E-state index contributed by atoms with van der Waals surface area (Å²) in [6, 6.07) is 11.2. The van der Waals surface area contributed by atoms with Crippen LogP contribution in [0.2, 0.25) is 0 Å². The third kappa shape index (κ3) is 4.82. The molecular weight excluding hydrogens is 334 g/mol. The van der Waals surface area contributed by atoms with E-state index in [0.717, 1.165) is 29.0 Å². The van der Waals surface area contributed by atoms with Gasteiger partial charge < -0.3 is 16.0 Å². The predicted molar refractivity (Wildman–Crippen MR) is 101 cm³/mol. The SMILES string of the molecule is C[C@H](NC(=O)N[C@H](C)c1ccc(NC(=O)C2CC2)cc1)c1cccs1. The molecular formula is C19H23N3O2S. The van der Waals surface area contributed by atoms with Gasteiger partial charge in [-0.05, 0) is 55.8 Å². The molecule has 0 unspecified atom stereocenters. The van der Waals surface area contributed by atoms with Gasteiger partial charge in [-0.2, -0.15) is 0 Å². The highest BCUT2D eigenvalue weighted by Gasteiger charge is 2.29. The van der Waals surface area contributed by atoms with Crippen LogP contribution in [0.25, 0.3) is 0 Å². The Morgan fingerprint density at radius 1 is 1.04 bits per heavy atom. The molecule has 0 bridgehead atoms. The third-order valence-electron chi connectivity index (χ3n) is 4.29. The van der Waals surface area contributed by atoms with Crippen LogP contribution in [0, 0.1) is 5.92 Å².